The lowest BCUT2D eigenvalue weighted by Gasteiger charge is -2.07. The lowest BCUT2D eigenvalue weighted by molar-refractivity contribution is 0.602. The number of pyridine rings is 1. The molecule has 0 aliphatic rings. The summed E-state index contributed by atoms with van der Waals surface area (Å²) in [5, 5.41) is 0. The molecule has 0 spiro atoms. The van der Waals surface area contributed by atoms with Gasteiger partial charge in [0.2, 0.25) is 0 Å². The van der Waals surface area contributed by atoms with Gasteiger partial charge in [-0.1, -0.05) is 19.9 Å². The van der Waals surface area contributed by atoms with E-state index in [1.165, 1.54) is 0 Å². The Morgan fingerprint density at radius 3 is 2.41 bits per heavy atom. The van der Waals surface area contributed by atoms with Gasteiger partial charge in [-0.05, 0) is 35.7 Å². The van der Waals surface area contributed by atoms with Crippen LogP contribution in [0.1, 0.15) is 25.3 Å². The zero-order valence-electron chi connectivity index (χ0n) is 9.74. The fraction of sp³-hybridized carbons (Fsp3) is 0.214. The second-order valence-electron chi connectivity index (χ2n) is 4.26. The molecule has 1 aromatic carbocycles. The van der Waals surface area contributed by atoms with Gasteiger partial charge in [0.1, 0.15) is 11.6 Å². The van der Waals surface area contributed by atoms with Gasteiger partial charge in [-0.3, -0.25) is 4.98 Å². The predicted octanol–water partition coefficient (Wildman–Crippen LogP) is 4.15. The number of nitrogens with zero attached hydrogens (tertiary/aromatic N) is 1. The van der Waals surface area contributed by atoms with E-state index in [0.29, 0.717) is 11.6 Å². The quantitative estimate of drug-likeness (QED) is 0.759. The summed E-state index contributed by atoms with van der Waals surface area (Å²) in [6.45, 7) is 4.11. The molecule has 0 amide bonds. The third-order valence-corrected chi connectivity index (χ3v) is 2.66. The van der Waals surface area contributed by atoms with Gasteiger partial charge in [0.25, 0.3) is 0 Å². The molecule has 0 atom stereocenters. The minimum absolute atomic E-state index is 0.195. The first-order valence-corrected chi connectivity index (χ1v) is 5.49. The molecule has 3 heteroatoms. The molecule has 0 N–H and O–H groups in total. The minimum atomic E-state index is -0.462. The average Bonchev–Trinajstić information content (AvgIpc) is 2.32. The van der Waals surface area contributed by atoms with Gasteiger partial charge < -0.3 is 0 Å². The number of hydrogen-bond acceptors (Lipinski definition) is 1. The number of halogens is 2. The SMILES string of the molecule is CC(C)c1ccc(-c2cc(F)ccc2F)nc1. The second-order valence-corrected chi connectivity index (χ2v) is 4.26. The van der Waals surface area contributed by atoms with Crippen LogP contribution in [-0.2, 0) is 0 Å². The maximum Gasteiger partial charge on any atom is 0.132 e. The molecule has 0 fully saturated rings. The molecule has 0 saturated heterocycles. The zero-order valence-corrected chi connectivity index (χ0v) is 9.74. The Morgan fingerprint density at radius 1 is 1.06 bits per heavy atom. The van der Waals surface area contributed by atoms with Crippen molar-refractivity contribution < 1.29 is 8.78 Å². The summed E-state index contributed by atoms with van der Waals surface area (Å²) in [7, 11) is 0. The summed E-state index contributed by atoms with van der Waals surface area (Å²) in [6, 6.07) is 6.97. The molecule has 17 heavy (non-hydrogen) atoms. The molecule has 0 aliphatic carbocycles. The molecular weight excluding hydrogens is 220 g/mol. The maximum atomic E-state index is 13.5. The highest BCUT2D eigenvalue weighted by Gasteiger charge is 2.08. The first-order chi connectivity index (χ1) is 8.08. The van der Waals surface area contributed by atoms with E-state index in [1.807, 2.05) is 6.07 Å². The van der Waals surface area contributed by atoms with Crippen molar-refractivity contribution in [2.45, 2.75) is 19.8 Å². The zero-order chi connectivity index (χ0) is 12.4. The number of aromatic nitrogens is 1. The van der Waals surface area contributed by atoms with Crippen LogP contribution in [0.5, 0.6) is 0 Å². The number of hydrogen-bond donors (Lipinski definition) is 0. The van der Waals surface area contributed by atoms with Crippen molar-refractivity contribution in [1.29, 1.82) is 0 Å². The van der Waals surface area contributed by atoms with Gasteiger partial charge in [-0.15, -0.1) is 0 Å². The van der Waals surface area contributed by atoms with Gasteiger partial charge in [0, 0.05) is 11.8 Å². The van der Waals surface area contributed by atoms with Crippen molar-refractivity contribution in [3.05, 3.63) is 53.7 Å². The predicted molar refractivity (Wildman–Crippen MR) is 63.7 cm³/mol. The molecule has 1 aromatic heterocycles. The minimum Gasteiger partial charge on any atom is -0.256 e. The summed E-state index contributed by atoms with van der Waals surface area (Å²) < 4.78 is 26.6. The molecular formula is C14H13F2N. The Hall–Kier alpha value is -1.77. The molecule has 1 heterocycles. The fourth-order valence-corrected chi connectivity index (χ4v) is 1.60. The van der Waals surface area contributed by atoms with Crippen molar-refractivity contribution >= 4 is 0 Å². The summed E-state index contributed by atoms with van der Waals surface area (Å²) >= 11 is 0. The normalized spacial score (nSPS) is 10.9. The van der Waals surface area contributed by atoms with Gasteiger partial charge >= 0.3 is 0 Å². The molecule has 0 radical (unpaired) electrons. The highest BCUT2D eigenvalue weighted by atomic mass is 19.1. The highest BCUT2D eigenvalue weighted by Crippen LogP contribution is 2.23. The Kier molecular flexibility index (Phi) is 3.18. The summed E-state index contributed by atoms with van der Waals surface area (Å²) in [4.78, 5) is 4.17. The van der Waals surface area contributed by atoms with E-state index in [2.05, 4.69) is 18.8 Å². The van der Waals surface area contributed by atoms with Crippen LogP contribution in [0.4, 0.5) is 8.78 Å². The van der Waals surface area contributed by atoms with Gasteiger partial charge in [0.15, 0.2) is 0 Å². The van der Waals surface area contributed by atoms with Crippen molar-refractivity contribution in [3.63, 3.8) is 0 Å². The number of benzene rings is 1. The fourth-order valence-electron chi connectivity index (χ4n) is 1.60. The van der Waals surface area contributed by atoms with Gasteiger partial charge in [-0.2, -0.15) is 0 Å². The van der Waals surface area contributed by atoms with E-state index in [1.54, 1.807) is 12.3 Å². The van der Waals surface area contributed by atoms with E-state index in [0.717, 1.165) is 23.8 Å². The Morgan fingerprint density at radius 2 is 1.82 bits per heavy atom. The monoisotopic (exact) mass is 233 g/mol. The van der Waals surface area contributed by atoms with Crippen LogP contribution in [0.15, 0.2) is 36.5 Å². The molecule has 2 aromatic rings. The van der Waals surface area contributed by atoms with Crippen LogP contribution in [-0.4, -0.2) is 4.98 Å². The lowest BCUT2D eigenvalue weighted by Crippen LogP contribution is -1.92. The first-order valence-electron chi connectivity index (χ1n) is 5.49. The van der Waals surface area contributed by atoms with Crippen molar-refractivity contribution in [2.75, 3.05) is 0 Å². The topological polar surface area (TPSA) is 12.9 Å². The average molecular weight is 233 g/mol. The number of rotatable bonds is 2. The van der Waals surface area contributed by atoms with Crippen molar-refractivity contribution in [1.82, 2.24) is 4.98 Å². The van der Waals surface area contributed by atoms with Crippen LogP contribution in [0.25, 0.3) is 11.3 Å². The van der Waals surface area contributed by atoms with E-state index in [9.17, 15) is 8.78 Å². The van der Waals surface area contributed by atoms with Gasteiger partial charge in [-0.25, -0.2) is 8.78 Å². The molecule has 88 valence electrons. The second kappa shape index (κ2) is 4.62. The molecule has 0 unspecified atom stereocenters. The Labute approximate surface area is 99.1 Å². The summed E-state index contributed by atoms with van der Waals surface area (Å²) in [5.74, 6) is -0.554. The van der Waals surface area contributed by atoms with Crippen LogP contribution >= 0.6 is 0 Å². The Balaban J connectivity index is 2.43. The molecule has 0 bridgehead atoms. The van der Waals surface area contributed by atoms with Crippen LogP contribution in [0, 0.1) is 11.6 Å². The molecule has 0 saturated carbocycles. The van der Waals surface area contributed by atoms with Crippen molar-refractivity contribution in [3.8, 4) is 11.3 Å². The van der Waals surface area contributed by atoms with Crippen LogP contribution in [0.3, 0.4) is 0 Å². The summed E-state index contributed by atoms with van der Waals surface area (Å²) in [5.41, 5.74) is 1.72. The van der Waals surface area contributed by atoms with Crippen LogP contribution in [0.2, 0.25) is 0 Å². The van der Waals surface area contributed by atoms with Gasteiger partial charge in [0.05, 0.1) is 5.69 Å². The molecule has 0 aliphatic heterocycles. The van der Waals surface area contributed by atoms with E-state index in [4.69, 9.17) is 0 Å². The highest BCUT2D eigenvalue weighted by molar-refractivity contribution is 5.59. The Bertz CT molecular complexity index is 518. The standard InChI is InChI=1S/C14H13F2N/c1-9(2)10-3-6-14(17-8-10)12-7-11(15)4-5-13(12)16/h3-9H,1-2H3. The third kappa shape index (κ3) is 2.49. The van der Waals surface area contributed by atoms with Crippen LogP contribution < -0.4 is 0 Å². The van der Waals surface area contributed by atoms with E-state index in [-0.39, 0.29) is 5.56 Å². The largest absolute Gasteiger partial charge is 0.256 e. The summed E-state index contributed by atoms with van der Waals surface area (Å²) in [6.07, 6.45) is 1.70. The third-order valence-electron chi connectivity index (χ3n) is 2.66. The molecule has 1 nitrogen and oxygen atoms in total. The maximum absolute atomic E-state index is 13.5. The van der Waals surface area contributed by atoms with Crippen molar-refractivity contribution in [2.24, 2.45) is 0 Å². The van der Waals surface area contributed by atoms with E-state index >= 15 is 0 Å². The van der Waals surface area contributed by atoms with E-state index < -0.39 is 11.6 Å². The first kappa shape index (κ1) is 11.7. The molecule has 2 rings (SSSR count). The smallest absolute Gasteiger partial charge is 0.132 e. The lowest BCUT2D eigenvalue weighted by atomic mass is 10.0.